The molecule has 11 heteroatoms. The van der Waals surface area contributed by atoms with Crippen LogP contribution in [0.5, 0.6) is 5.75 Å². The van der Waals surface area contributed by atoms with Gasteiger partial charge in [0.1, 0.15) is 24.4 Å². The number of aromatic hydroxyl groups is 1. The summed E-state index contributed by atoms with van der Waals surface area (Å²) in [5.41, 5.74) is 6.68. The molecule has 0 aromatic heterocycles. The van der Waals surface area contributed by atoms with Gasteiger partial charge in [-0.25, -0.2) is 0 Å². The third-order valence-corrected chi connectivity index (χ3v) is 4.57. The zero-order valence-corrected chi connectivity index (χ0v) is 17.7. The molecule has 0 spiro atoms. The molecule has 0 bridgehead atoms. The number of nitrogens with one attached hydrogen (secondary N) is 3. The Morgan fingerprint density at radius 1 is 1.03 bits per heavy atom. The van der Waals surface area contributed by atoms with Crippen molar-refractivity contribution in [3.8, 4) is 5.75 Å². The topological polar surface area (TPSA) is 171 Å². The smallest absolute Gasteiger partial charge is 0.322 e. The fourth-order valence-electron chi connectivity index (χ4n) is 2.52. The Morgan fingerprint density at radius 2 is 1.63 bits per heavy atom. The zero-order chi connectivity index (χ0) is 22.8. The van der Waals surface area contributed by atoms with E-state index in [1.807, 2.05) is 0 Å². The van der Waals surface area contributed by atoms with Gasteiger partial charge >= 0.3 is 5.97 Å². The Hall–Kier alpha value is -2.79. The number of thiol groups is 1. The number of carbonyl (C=O) groups is 4. The maximum atomic E-state index is 12.6. The van der Waals surface area contributed by atoms with Crippen LogP contribution in [-0.4, -0.2) is 64.3 Å². The molecule has 3 unspecified atom stereocenters. The van der Waals surface area contributed by atoms with Crippen molar-refractivity contribution in [3.05, 3.63) is 29.8 Å². The molecule has 0 heterocycles. The van der Waals surface area contributed by atoms with Crippen LogP contribution in [0, 0.1) is 5.92 Å². The highest BCUT2D eigenvalue weighted by atomic mass is 32.1. The maximum Gasteiger partial charge on any atom is 0.322 e. The summed E-state index contributed by atoms with van der Waals surface area (Å²) in [5.74, 6) is -3.34. The predicted octanol–water partition coefficient (Wildman–Crippen LogP) is -0.982. The van der Waals surface area contributed by atoms with E-state index in [1.165, 1.54) is 12.1 Å². The molecular weight excluding hydrogens is 412 g/mol. The number of hydrogen-bond donors (Lipinski definition) is 7. The number of phenols is 1. The second-order valence-corrected chi connectivity index (χ2v) is 7.43. The maximum absolute atomic E-state index is 12.6. The number of benzene rings is 1. The van der Waals surface area contributed by atoms with E-state index in [2.05, 4.69) is 28.6 Å². The Bertz CT molecular complexity index is 756. The SMILES string of the molecule is CC(C)C(NC(=O)C(N)Cc1ccc(O)cc1)C(=O)NC(CS)C(=O)NCC(=O)O. The number of rotatable bonds is 11. The van der Waals surface area contributed by atoms with Crippen LogP contribution in [0.1, 0.15) is 19.4 Å². The Labute approximate surface area is 180 Å². The van der Waals surface area contributed by atoms with Gasteiger partial charge in [-0.2, -0.15) is 12.6 Å². The van der Waals surface area contributed by atoms with E-state index in [4.69, 9.17) is 10.8 Å². The lowest BCUT2D eigenvalue weighted by Gasteiger charge is -2.25. The summed E-state index contributed by atoms with van der Waals surface area (Å²) in [6.45, 7) is 2.85. The quantitative estimate of drug-likeness (QED) is 0.217. The van der Waals surface area contributed by atoms with Crippen LogP contribution in [0.3, 0.4) is 0 Å². The average molecular weight is 441 g/mol. The van der Waals surface area contributed by atoms with Gasteiger partial charge in [0.15, 0.2) is 0 Å². The van der Waals surface area contributed by atoms with Crippen LogP contribution < -0.4 is 21.7 Å². The third kappa shape index (κ3) is 8.29. The summed E-state index contributed by atoms with van der Waals surface area (Å²) >= 11 is 4.01. The number of carboxylic acid groups (broad SMARTS) is 1. The van der Waals surface area contributed by atoms with Crippen LogP contribution in [-0.2, 0) is 25.6 Å². The molecule has 0 aliphatic heterocycles. The first-order chi connectivity index (χ1) is 14.0. The number of nitrogens with two attached hydrogens (primary N) is 1. The molecule has 3 atom stereocenters. The monoisotopic (exact) mass is 440 g/mol. The van der Waals surface area contributed by atoms with Gasteiger partial charge in [0, 0.05) is 5.75 Å². The fourth-order valence-corrected chi connectivity index (χ4v) is 2.77. The largest absolute Gasteiger partial charge is 0.508 e. The second-order valence-electron chi connectivity index (χ2n) is 7.06. The molecule has 7 N–H and O–H groups in total. The third-order valence-electron chi connectivity index (χ3n) is 4.21. The van der Waals surface area contributed by atoms with E-state index < -0.39 is 48.4 Å². The van der Waals surface area contributed by atoms with Gasteiger partial charge in [-0.05, 0) is 30.0 Å². The highest BCUT2D eigenvalue weighted by molar-refractivity contribution is 7.80. The van der Waals surface area contributed by atoms with Crippen molar-refractivity contribution in [1.82, 2.24) is 16.0 Å². The van der Waals surface area contributed by atoms with Crippen molar-refractivity contribution in [3.63, 3.8) is 0 Å². The first-order valence-electron chi connectivity index (χ1n) is 9.29. The summed E-state index contributed by atoms with van der Waals surface area (Å²) in [5, 5.41) is 25.2. The molecule has 0 saturated heterocycles. The van der Waals surface area contributed by atoms with Crippen molar-refractivity contribution < 1.29 is 29.4 Å². The van der Waals surface area contributed by atoms with Crippen molar-refractivity contribution >= 4 is 36.3 Å². The Balaban J connectivity index is 2.73. The highest BCUT2D eigenvalue weighted by Gasteiger charge is 2.29. The van der Waals surface area contributed by atoms with Crippen LogP contribution in [0.2, 0.25) is 0 Å². The fraction of sp³-hybridized carbons (Fsp3) is 0.474. The van der Waals surface area contributed by atoms with Crippen molar-refractivity contribution in [2.24, 2.45) is 11.7 Å². The molecule has 166 valence electrons. The zero-order valence-electron chi connectivity index (χ0n) is 16.8. The summed E-state index contributed by atoms with van der Waals surface area (Å²) < 4.78 is 0. The molecule has 1 rings (SSSR count). The molecule has 0 aliphatic rings. The lowest BCUT2D eigenvalue weighted by Crippen LogP contribution is -2.58. The van der Waals surface area contributed by atoms with Gasteiger partial charge < -0.3 is 31.9 Å². The molecule has 0 saturated carbocycles. The van der Waals surface area contributed by atoms with E-state index in [-0.39, 0.29) is 23.8 Å². The van der Waals surface area contributed by atoms with Gasteiger partial charge in [-0.1, -0.05) is 26.0 Å². The number of hydrogen-bond acceptors (Lipinski definition) is 7. The molecule has 0 fully saturated rings. The minimum Gasteiger partial charge on any atom is -0.508 e. The Kier molecular flexibility index (Phi) is 10.1. The van der Waals surface area contributed by atoms with E-state index in [0.29, 0.717) is 0 Å². The first-order valence-corrected chi connectivity index (χ1v) is 9.93. The standard InChI is InChI=1S/C19H28N4O6S/c1-10(2)16(19(29)22-14(9-30)18(28)21-8-15(25)26)23-17(27)13(20)7-11-3-5-12(24)6-4-11/h3-6,10,13-14,16,24,30H,7-9,20H2,1-2H3,(H,21,28)(H,22,29)(H,23,27)(H,25,26). The first kappa shape index (κ1) is 25.2. The number of amides is 3. The van der Waals surface area contributed by atoms with Crippen LogP contribution >= 0.6 is 12.6 Å². The molecule has 1 aromatic carbocycles. The summed E-state index contributed by atoms with van der Waals surface area (Å²) in [6, 6.07) is 3.30. The number of phenolic OH excluding ortho intramolecular Hbond substituents is 1. The number of carboxylic acids is 1. The van der Waals surface area contributed by atoms with Gasteiger partial charge in [-0.3, -0.25) is 19.2 Å². The van der Waals surface area contributed by atoms with Crippen LogP contribution in [0.15, 0.2) is 24.3 Å². The predicted molar refractivity (Wildman–Crippen MR) is 113 cm³/mol. The van der Waals surface area contributed by atoms with Gasteiger partial charge in [0.2, 0.25) is 17.7 Å². The summed E-state index contributed by atoms with van der Waals surface area (Å²) in [6.07, 6.45) is 0.204. The molecule has 10 nitrogen and oxygen atoms in total. The normalized spacial score (nSPS) is 13.8. The molecule has 3 amide bonds. The van der Waals surface area contributed by atoms with E-state index in [0.717, 1.165) is 5.56 Å². The second kappa shape index (κ2) is 12.0. The highest BCUT2D eigenvalue weighted by Crippen LogP contribution is 2.11. The summed E-state index contributed by atoms with van der Waals surface area (Å²) in [4.78, 5) is 47.7. The van der Waals surface area contributed by atoms with Crippen molar-refractivity contribution in [1.29, 1.82) is 0 Å². The van der Waals surface area contributed by atoms with E-state index in [9.17, 15) is 24.3 Å². The minimum absolute atomic E-state index is 0.0592. The van der Waals surface area contributed by atoms with Gasteiger partial charge in [-0.15, -0.1) is 0 Å². The summed E-state index contributed by atoms with van der Waals surface area (Å²) in [7, 11) is 0. The minimum atomic E-state index is -1.22. The molecule has 30 heavy (non-hydrogen) atoms. The molecule has 0 radical (unpaired) electrons. The lowest BCUT2D eigenvalue weighted by atomic mass is 10.0. The van der Waals surface area contributed by atoms with Crippen molar-refractivity contribution in [2.75, 3.05) is 12.3 Å². The lowest BCUT2D eigenvalue weighted by molar-refractivity contribution is -0.138. The number of aliphatic carboxylic acids is 1. The average Bonchev–Trinajstić information content (AvgIpc) is 2.69. The van der Waals surface area contributed by atoms with E-state index >= 15 is 0 Å². The van der Waals surface area contributed by atoms with Crippen LogP contribution in [0.25, 0.3) is 0 Å². The van der Waals surface area contributed by atoms with Crippen LogP contribution in [0.4, 0.5) is 0 Å². The molecule has 0 aliphatic carbocycles. The van der Waals surface area contributed by atoms with E-state index in [1.54, 1.807) is 26.0 Å². The van der Waals surface area contributed by atoms with Crippen molar-refractivity contribution in [2.45, 2.75) is 38.4 Å². The van der Waals surface area contributed by atoms with Gasteiger partial charge in [0.25, 0.3) is 0 Å². The van der Waals surface area contributed by atoms with Gasteiger partial charge in [0.05, 0.1) is 6.04 Å². The number of carbonyl (C=O) groups excluding carboxylic acids is 3. The Morgan fingerprint density at radius 3 is 2.13 bits per heavy atom. The molecular formula is C19H28N4O6S. The molecule has 1 aromatic rings.